The maximum atomic E-state index is 14.4. The molecule has 3 aliphatic rings. The normalized spacial score (nSPS) is 17.6. The van der Waals surface area contributed by atoms with E-state index in [2.05, 4.69) is 36.9 Å². The van der Waals surface area contributed by atoms with Gasteiger partial charge in [0, 0.05) is 50.3 Å². The van der Waals surface area contributed by atoms with Crippen LogP contribution in [0.5, 0.6) is 5.75 Å². The zero-order chi connectivity index (χ0) is 58.9. The van der Waals surface area contributed by atoms with Gasteiger partial charge in [-0.25, -0.2) is 19.7 Å². The number of aliphatic hydroxyl groups is 1. The summed E-state index contributed by atoms with van der Waals surface area (Å²) in [7, 11) is 0. The van der Waals surface area contributed by atoms with Gasteiger partial charge < -0.3 is 35.0 Å². The number of amides is 4. The number of hydrogen-bond acceptors (Lipinski definition) is 15. The lowest BCUT2D eigenvalue weighted by Crippen LogP contribution is -2.59. The van der Waals surface area contributed by atoms with E-state index in [9.17, 15) is 29.1 Å². The van der Waals surface area contributed by atoms with Gasteiger partial charge in [0.15, 0.2) is 10.8 Å². The predicted octanol–water partition coefficient (Wildman–Crippen LogP) is 10.1. The Bertz CT molecular complexity index is 3530. The number of aromatic nitrogens is 3. The minimum atomic E-state index is -0.957. The number of likely N-dealkylation sites (tertiary alicyclic amines) is 2. The molecule has 7 aromatic rings. The number of thiazole rings is 2. The number of benzene rings is 4. The van der Waals surface area contributed by atoms with Gasteiger partial charge in [-0.3, -0.25) is 29.4 Å². The van der Waals surface area contributed by atoms with Crippen LogP contribution >= 0.6 is 22.7 Å². The summed E-state index contributed by atoms with van der Waals surface area (Å²) in [5.74, 6) is -0.644. The maximum absolute atomic E-state index is 14.4. The van der Waals surface area contributed by atoms with Crippen molar-refractivity contribution in [2.24, 2.45) is 5.41 Å². The van der Waals surface area contributed by atoms with Gasteiger partial charge in [-0.15, -0.1) is 11.3 Å². The van der Waals surface area contributed by atoms with E-state index in [1.807, 2.05) is 164 Å². The van der Waals surface area contributed by atoms with Crippen molar-refractivity contribution in [2.45, 2.75) is 130 Å². The summed E-state index contributed by atoms with van der Waals surface area (Å²) in [5.41, 5.74) is 8.94. The Balaban J connectivity index is 0.769. The number of aliphatic hydroxyl groups excluding tert-OH is 1. The van der Waals surface area contributed by atoms with E-state index in [1.165, 1.54) is 16.2 Å². The molecule has 0 saturated carbocycles. The van der Waals surface area contributed by atoms with Crippen LogP contribution in [0.3, 0.4) is 0 Å². The highest BCUT2D eigenvalue weighted by Crippen LogP contribution is 2.37. The smallest absolute Gasteiger partial charge is 0.358 e. The second-order valence-electron chi connectivity index (χ2n) is 24.0. The summed E-state index contributed by atoms with van der Waals surface area (Å²) in [6, 6.07) is 28.9. The molecule has 6 heterocycles. The number of pyridine rings is 1. The first-order valence-electron chi connectivity index (χ1n) is 28.4. The number of β-amino-alcohol motifs (C(OH)–C–C–N with tert-alkyl or cyclic N) is 1. The third kappa shape index (κ3) is 13.4. The first-order chi connectivity index (χ1) is 39.6. The summed E-state index contributed by atoms with van der Waals surface area (Å²) in [6.45, 7) is 19.2. The molecule has 4 amide bonds. The monoisotopic (exact) mass is 1160 g/mol. The number of anilines is 2. The molecule has 4 atom stereocenters. The Kier molecular flexibility index (Phi) is 17.2. The van der Waals surface area contributed by atoms with Gasteiger partial charge in [0.25, 0.3) is 5.91 Å². The number of aryl methyl sites for hydroxylation is 1. The molecule has 10 rings (SSSR count). The van der Waals surface area contributed by atoms with Crippen LogP contribution in [0.2, 0.25) is 0 Å². The van der Waals surface area contributed by atoms with Crippen molar-refractivity contribution < 1.29 is 38.6 Å². The van der Waals surface area contributed by atoms with Crippen LogP contribution in [-0.2, 0) is 32.1 Å². The van der Waals surface area contributed by atoms with Crippen LogP contribution in [0, 0.1) is 19.3 Å². The SMILES string of the molecule is Cc1ncsc1-c1ccc([C@H](C)NC(=O)[C@@H]2C[C@@H](O)CN2C(=O)[C@@H](NC(=O)CN2CCC(Oc3cccc(-c4ccc(N5CCc6cccc(C(=O)Nc7nc8ccccc8s7)c6C5)nc4C(=O)OC(C)(C)C)c3C)CC2)C(C)(C)C)cc1. The fraction of sp³-hybridized carbons (Fsp3) is 0.406. The number of hydrogen-bond donors (Lipinski definition) is 4. The second kappa shape index (κ2) is 24.3. The average molecular weight is 1160 g/mol. The van der Waals surface area contributed by atoms with Gasteiger partial charge in [0.1, 0.15) is 35.4 Å². The molecule has 3 aromatic heterocycles. The molecule has 17 nitrogen and oxygen atoms in total. The lowest BCUT2D eigenvalue weighted by Gasteiger charge is -2.36. The van der Waals surface area contributed by atoms with Gasteiger partial charge >= 0.3 is 5.97 Å². The number of carbonyl (C=O) groups excluding carboxylic acids is 5. The van der Waals surface area contributed by atoms with Crippen LogP contribution < -0.4 is 25.6 Å². The van der Waals surface area contributed by atoms with Crippen molar-refractivity contribution in [1.82, 2.24) is 35.4 Å². The third-order valence-corrected chi connectivity index (χ3v) is 17.6. The number of rotatable bonds is 15. The number of ether oxygens (including phenoxy) is 2. The van der Waals surface area contributed by atoms with Gasteiger partial charge in [0.2, 0.25) is 17.7 Å². The fourth-order valence-corrected chi connectivity index (χ4v) is 12.9. The molecule has 19 heteroatoms. The molecule has 83 heavy (non-hydrogen) atoms. The maximum Gasteiger partial charge on any atom is 0.358 e. The van der Waals surface area contributed by atoms with Crippen molar-refractivity contribution in [3.63, 3.8) is 0 Å². The number of para-hydroxylation sites is 1. The number of nitrogens with zero attached hydrogens (tertiary/aromatic N) is 6. The number of esters is 1. The minimum Gasteiger partial charge on any atom is -0.490 e. The Hall–Kier alpha value is -7.58. The van der Waals surface area contributed by atoms with Gasteiger partial charge in [0.05, 0.1) is 45.0 Å². The predicted molar refractivity (Wildman–Crippen MR) is 325 cm³/mol. The molecule has 0 radical (unpaired) electrons. The summed E-state index contributed by atoms with van der Waals surface area (Å²) < 4.78 is 13.7. The zero-order valence-electron chi connectivity index (χ0n) is 48.6. The molecule has 4 N–H and O–H groups in total. The van der Waals surface area contributed by atoms with Gasteiger partial charge in [-0.2, -0.15) is 0 Å². The van der Waals surface area contributed by atoms with E-state index in [1.54, 1.807) is 11.3 Å². The molecular weight excluding hydrogens is 1090 g/mol. The summed E-state index contributed by atoms with van der Waals surface area (Å²) in [5, 5.41) is 20.5. The molecule has 0 aliphatic carbocycles. The Morgan fingerprint density at radius 3 is 2.29 bits per heavy atom. The second-order valence-corrected chi connectivity index (χ2v) is 25.9. The number of piperidine rings is 1. The lowest BCUT2D eigenvalue weighted by atomic mass is 9.85. The zero-order valence-corrected chi connectivity index (χ0v) is 50.2. The summed E-state index contributed by atoms with van der Waals surface area (Å²) in [4.78, 5) is 90.8. The largest absolute Gasteiger partial charge is 0.490 e. The first kappa shape index (κ1) is 58.6. The molecule has 2 fully saturated rings. The fourth-order valence-electron chi connectivity index (χ4n) is 11.2. The third-order valence-electron chi connectivity index (χ3n) is 15.7. The van der Waals surface area contributed by atoms with Crippen LogP contribution in [-0.4, -0.2) is 122 Å². The standard InChI is InChI=1S/C64H73N9O8S2/c1-37-45(46-24-25-53(68-55(46)61(79)81-64(7,8)9)72-31-26-41-14-12-16-47(48(41)34-72)58(76)70-62-67-49-17-10-11-19-52(49)83-62)15-13-18-51(37)80-44-27-29-71(30-28-44)35-54(75)69-57(63(4,5)6)60(78)73-33-43(74)32-50(73)59(77)66-38(2)40-20-22-42(23-21-40)56-39(3)65-36-82-56/h10-25,36,38,43-44,50,57,74H,26-35H2,1-9H3,(H,66,77)(H,69,75)(H,67,70,76)/t38-,43+,50-,57+/m0/s1. The molecule has 4 aromatic carbocycles. The van der Waals surface area contributed by atoms with Crippen LogP contribution in [0.1, 0.15) is 123 Å². The summed E-state index contributed by atoms with van der Waals surface area (Å²) in [6.07, 6.45) is 0.988. The number of carbonyl (C=O) groups is 5. The van der Waals surface area contributed by atoms with Crippen LogP contribution in [0.4, 0.5) is 10.9 Å². The van der Waals surface area contributed by atoms with E-state index >= 15 is 0 Å². The highest BCUT2D eigenvalue weighted by Gasteiger charge is 2.45. The van der Waals surface area contributed by atoms with Gasteiger partial charge in [-0.05, 0) is 136 Å². The summed E-state index contributed by atoms with van der Waals surface area (Å²) >= 11 is 3.00. The van der Waals surface area contributed by atoms with E-state index in [4.69, 9.17) is 14.5 Å². The van der Waals surface area contributed by atoms with Crippen molar-refractivity contribution in [3.05, 3.63) is 142 Å². The molecular formula is C64H73N9O8S2. The molecule has 3 aliphatic heterocycles. The molecule has 434 valence electrons. The van der Waals surface area contributed by atoms with Crippen LogP contribution in [0.25, 0.3) is 31.8 Å². The molecule has 0 bridgehead atoms. The molecule has 0 unspecified atom stereocenters. The Morgan fingerprint density at radius 1 is 0.831 bits per heavy atom. The van der Waals surface area contributed by atoms with Crippen molar-refractivity contribution in [2.75, 3.05) is 42.9 Å². The number of nitrogens with one attached hydrogen (secondary N) is 3. The highest BCUT2D eigenvalue weighted by molar-refractivity contribution is 7.22. The van der Waals surface area contributed by atoms with E-state index in [0.29, 0.717) is 73.3 Å². The quantitative estimate of drug-likeness (QED) is 0.0706. The lowest BCUT2D eigenvalue weighted by molar-refractivity contribution is -0.144. The van der Waals surface area contributed by atoms with Crippen molar-refractivity contribution in [1.29, 1.82) is 0 Å². The van der Waals surface area contributed by atoms with Crippen molar-refractivity contribution >= 4 is 73.4 Å². The molecule has 0 spiro atoms. The Labute approximate surface area is 492 Å². The van der Waals surface area contributed by atoms with E-state index in [-0.39, 0.29) is 55.1 Å². The minimum absolute atomic E-state index is 0.0203. The first-order valence-corrected chi connectivity index (χ1v) is 30.1. The van der Waals surface area contributed by atoms with Gasteiger partial charge in [-0.1, -0.05) is 92.8 Å². The van der Waals surface area contributed by atoms with Crippen molar-refractivity contribution in [3.8, 4) is 27.3 Å². The molecule has 2 saturated heterocycles. The average Bonchev–Trinajstić information content (AvgIpc) is 4.37. The van der Waals surface area contributed by atoms with E-state index < -0.39 is 41.1 Å². The Morgan fingerprint density at radius 2 is 1.58 bits per heavy atom. The van der Waals surface area contributed by atoms with E-state index in [0.717, 1.165) is 54.2 Å². The highest BCUT2D eigenvalue weighted by atomic mass is 32.1. The topological polar surface area (TPSA) is 209 Å². The number of fused-ring (bicyclic) bond motifs is 2. The van der Waals surface area contributed by atoms with Crippen LogP contribution in [0.15, 0.2) is 103 Å².